The topological polar surface area (TPSA) is 125 Å². The number of primary amides is 1. The van der Waals surface area contributed by atoms with Gasteiger partial charge in [0.25, 0.3) is 10.0 Å². The third-order valence-electron chi connectivity index (χ3n) is 1.74. The van der Waals surface area contributed by atoms with Crippen LogP contribution in [0.5, 0.6) is 5.75 Å². The van der Waals surface area contributed by atoms with E-state index < -0.39 is 16.1 Å². The maximum absolute atomic E-state index is 11.5. The number of methoxy groups -OCH3 is 1. The Kier molecular flexibility index (Phi) is 3.23. The van der Waals surface area contributed by atoms with Crippen LogP contribution in [0, 0.1) is 0 Å². The Morgan fingerprint density at radius 3 is 2.50 bits per heavy atom. The smallest absolute Gasteiger partial charge is 0.326 e. The Hall–Kier alpha value is -1.96. The molecule has 16 heavy (non-hydrogen) atoms. The Labute approximate surface area is 92.4 Å². The molecular formula is C8H11N3O4S. The van der Waals surface area contributed by atoms with Crippen LogP contribution in [-0.2, 0) is 10.0 Å². The van der Waals surface area contributed by atoms with Crippen LogP contribution in [0.25, 0.3) is 0 Å². The van der Waals surface area contributed by atoms with Gasteiger partial charge in [-0.05, 0) is 12.1 Å². The molecule has 1 rings (SSSR count). The number of benzene rings is 1. The molecule has 7 nitrogen and oxygen atoms in total. The van der Waals surface area contributed by atoms with Crippen LogP contribution in [0.2, 0.25) is 0 Å². The molecule has 2 amide bonds. The van der Waals surface area contributed by atoms with Crippen molar-refractivity contribution in [3.05, 3.63) is 18.2 Å². The van der Waals surface area contributed by atoms with Crippen molar-refractivity contribution in [1.82, 2.24) is 4.72 Å². The number of carbonyl (C=O) groups excluding carboxylic acids is 1. The summed E-state index contributed by atoms with van der Waals surface area (Å²) in [5, 5.41) is 0. The summed E-state index contributed by atoms with van der Waals surface area (Å²) >= 11 is 0. The minimum Gasteiger partial charge on any atom is -0.497 e. The van der Waals surface area contributed by atoms with Gasteiger partial charge in [-0.2, -0.15) is 0 Å². The van der Waals surface area contributed by atoms with Crippen molar-refractivity contribution >= 4 is 21.7 Å². The number of nitrogens with two attached hydrogens (primary N) is 2. The van der Waals surface area contributed by atoms with Crippen LogP contribution in [0.15, 0.2) is 23.1 Å². The number of urea groups is 1. The van der Waals surface area contributed by atoms with E-state index in [1.165, 1.54) is 25.3 Å². The molecule has 8 heteroatoms. The van der Waals surface area contributed by atoms with Crippen molar-refractivity contribution in [2.24, 2.45) is 5.73 Å². The van der Waals surface area contributed by atoms with E-state index in [-0.39, 0.29) is 10.6 Å². The second kappa shape index (κ2) is 4.27. The molecule has 0 unspecified atom stereocenters. The third-order valence-corrected chi connectivity index (χ3v) is 3.16. The first-order valence-electron chi connectivity index (χ1n) is 4.12. The monoisotopic (exact) mass is 245 g/mol. The first-order valence-corrected chi connectivity index (χ1v) is 5.61. The van der Waals surface area contributed by atoms with Crippen LogP contribution in [0.3, 0.4) is 0 Å². The van der Waals surface area contributed by atoms with Gasteiger partial charge in [0.2, 0.25) is 0 Å². The van der Waals surface area contributed by atoms with Crippen molar-refractivity contribution < 1.29 is 17.9 Å². The lowest BCUT2D eigenvalue weighted by Crippen LogP contribution is -2.35. The van der Waals surface area contributed by atoms with Gasteiger partial charge in [-0.3, -0.25) is 0 Å². The van der Waals surface area contributed by atoms with E-state index in [1.807, 2.05) is 0 Å². The van der Waals surface area contributed by atoms with Crippen LogP contribution in [0.4, 0.5) is 10.5 Å². The molecule has 0 aliphatic carbocycles. The van der Waals surface area contributed by atoms with Gasteiger partial charge in [0, 0.05) is 6.07 Å². The highest BCUT2D eigenvalue weighted by molar-refractivity contribution is 7.90. The largest absolute Gasteiger partial charge is 0.497 e. The first-order chi connectivity index (χ1) is 7.36. The SMILES string of the molecule is COc1ccc(S(=O)(=O)NC(N)=O)c(N)c1. The number of rotatable bonds is 3. The summed E-state index contributed by atoms with van der Waals surface area (Å²) in [6.07, 6.45) is 0. The second-order valence-corrected chi connectivity index (χ2v) is 4.52. The van der Waals surface area contributed by atoms with E-state index in [2.05, 4.69) is 0 Å². The van der Waals surface area contributed by atoms with Crippen molar-refractivity contribution in [3.63, 3.8) is 0 Å². The van der Waals surface area contributed by atoms with Crippen molar-refractivity contribution in [2.45, 2.75) is 4.90 Å². The molecule has 5 N–H and O–H groups in total. The molecular weight excluding hydrogens is 234 g/mol. The normalized spacial score (nSPS) is 10.8. The van der Waals surface area contributed by atoms with Gasteiger partial charge in [0.05, 0.1) is 12.8 Å². The second-order valence-electron chi connectivity index (χ2n) is 2.87. The lowest BCUT2D eigenvalue weighted by Gasteiger charge is -2.08. The van der Waals surface area contributed by atoms with Crippen molar-refractivity contribution in [3.8, 4) is 5.75 Å². The molecule has 0 saturated heterocycles. The molecule has 0 aliphatic rings. The van der Waals surface area contributed by atoms with E-state index in [4.69, 9.17) is 16.2 Å². The van der Waals surface area contributed by atoms with Crippen LogP contribution < -0.4 is 20.9 Å². The van der Waals surface area contributed by atoms with Crippen LogP contribution in [0.1, 0.15) is 0 Å². The summed E-state index contributed by atoms with van der Waals surface area (Å²) < 4.78 is 29.5. The van der Waals surface area contributed by atoms with E-state index in [9.17, 15) is 13.2 Å². The molecule has 0 fully saturated rings. The van der Waals surface area contributed by atoms with Crippen LogP contribution >= 0.6 is 0 Å². The number of sulfonamides is 1. The fourth-order valence-corrected chi connectivity index (χ4v) is 2.08. The number of hydrogen-bond donors (Lipinski definition) is 3. The molecule has 0 bridgehead atoms. The van der Waals surface area contributed by atoms with Crippen molar-refractivity contribution in [2.75, 3.05) is 12.8 Å². The molecule has 0 heterocycles. The highest BCUT2D eigenvalue weighted by Gasteiger charge is 2.19. The van der Waals surface area contributed by atoms with E-state index in [0.717, 1.165) is 0 Å². The first kappa shape index (κ1) is 12.1. The zero-order valence-corrected chi connectivity index (χ0v) is 9.24. The van der Waals surface area contributed by atoms with Crippen molar-refractivity contribution in [1.29, 1.82) is 0 Å². The minimum absolute atomic E-state index is 0.0342. The zero-order valence-electron chi connectivity index (χ0n) is 8.43. The van der Waals surface area contributed by atoms with Gasteiger partial charge < -0.3 is 16.2 Å². The highest BCUT2D eigenvalue weighted by atomic mass is 32.2. The molecule has 0 atom stereocenters. The Balaban J connectivity index is 3.19. The Bertz CT molecular complexity index is 512. The van der Waals surface area contributed by atoms with E-state index >= 15 is 0 Å². The number of nitrogens with one attached hydrogen (secondary N) is 1. The molecule has 88 valence electrons. The zero-order chi connectivity index (χ0) is 12.3. The van der Waals surface area contributed by atoms with Gasteiger partial charge in [0.15, 0.2) is 0 Å². The maximum atomic E-state index is 11.5. The number of hydrogen-bond acceptors (Lipinski definition) is 5. The standard InChI is InChI=1S/C8H11N3O4S/c1-15-5-2-3-7(6(9)4-5)16(13,14)11-8(10)12/h2-4H,9H2,1H3,(H3,10,11,12). The van der Waals surface area contributed by atoms with Crippen LogP contribution in [-0.4, -0.2) is 21.6 Å². The Morgan fingerprint density at radius 2 is 2.06 bits per heavy atom. The fraction of sp³-hybridized carbons (Fsp3) is 0.125. The minimum atomic E-state index is -4.02. The van der Waals surface area contributed by atoms with Gasteiger partial charge in [0.1, 0.15) is 10.6 Å². The predicted octanol–water partition coefficient (Wildman–Crippen LogP) is -0.366. The summed E-state index contributed by atoms with van der Waals surface area (Å²) in [4.78, 5) is 10.3. The summed E-state index contributed by atoms with van der Waals surface area (Å²) in [6.45, 7) is 0. The van der Waals surface area contributed by atoms with Gasteiger partial charge in [-0.25, -0.2) is 17.9 Å². The number of ether oxygens (including phenoxy) is 1. The fourth-order valence-electron chi connectivity index (χ4n) is 1.09. The molecule has 0 saturated carbocycles. The molecule has 1 aromatic rings. The van der Waals surface area contributed by atoms with E-state index in [1.54, 1.807) is 4.72 Å². The number of amides is 2. The average Bonchev–Trinajstić information content (AvgIpc) is 2.14. The summed E-state index contributed by atoms with van der Waals surface area (Å²) in [5.74, 6) is 0.413. The molecule has 0 aromatic heterocycles. The number of anilines is 1. The summed E-state index contributed by atoms with van der Waals surface area (Å²) in [7, 11) is -2.60. The summed E-state index contributed by atoms with van der Waals surface area (Å²) in [6, 6.07) is 2.79. The maximum Gasteiger partial charge on any atom is 0.326 e. The predicted molar refractivity (Wildman–Crippen MR) is 57.3 cm³/mol. The highest BCUT2D eigenvalue weighted by Crippen LogP contribution is 2.23. The van der Waals surface area contributed by atoms with E-state index in [0.29, 0.717) is 5.75 Å². The third kappa shape index (κ3) is 2.54. The molecule has 0 aliphatic heterocycles. The van der Waals surface area contributed by atoms with Gasteiger partial charge >= 0.3 is 6.03 Å². The molecule has 1 aromatic carbocycles. The summed E-state index contributed by atoms with van der Waals surface area (Å²) in [5.41, 5.74) is 10.2. The molecule has 0 spiro atoms. The number of nitrogen functional groups attached to an aromatic ring is 1. The van der Waals surface area contributed by atoms with Gasteiger partial charge in [-0.1, -0.05) is 0 Å². The Morgan fingerprint density at radius 1 is 1.44 bits per heavy atom. The van der Waals surface area contributed by atoms with Gasteiger partial charge in [-0.15, -0.1) is 0 Å². The lowest BCUT2D eigenvalue weighted by molar-refractivity contribution is 0.253. The average molecular weight is 245 g/mol. The lowest BCUT2D eigenvalue weighted by atomic mass is 10.3. The number of carbonyl (C=O) groups is 1. The quantitative estimate of drug-likeness (QED) is 0.627. The molecule has 0 radical (unpaired) electrons.